The summed E-state index contributed by atoms with van der Waals surface area (Å²) >= 11 is 0. The van der Waals surface area contributed by atoms with Crippen molar-refractivity contribution in [3.8, 4) is 0 Å². The molecule has 1 saturated heterocycles. The van der Waals surface area contributed by atoms with Crippen molar-refractivity contribution in [2.45, 2.75) is 51.2 Å². The molecule has 0 bridgehead atoms. The third-order valence-electron chi connectivity index (χ3n) is 7.36. The van der Waals surface area contributed by atoms with E-state index >= 15 is 0 Å². The number of aryl methyl sites for hydroxylation is 1. The Hall–Kier alpha value is -2.98. The molecule has 2 atom stereocenters. The van der Waals surface area contributed by atoms with Gasteiger partial charge in [0.2, 0.25) is 5.91 Å². The van der Waals surface area contributed by atoms with Crippen LogP contribution in [0.15, 0.2) is 34.6 Å². The fraction of sp³-hybridized carbons (Fsp3) is 0.538. The monoisotopic (exact) mass is 501 g/mol. The van der Waals surface area contributed by atoms with Crippen molar-refractivity contribution in [3.63, 3.8) is 0 Å². The smallest absolute Gasteiger partial charge is 0.264 e. The zero-order valence-electron chi connectivity index (χ0n) is 21.1. The van der Waals surface area contributed by atoms with Gasteiger partial charge in [0, 0.05) is 93.1 Å². The quantitative estimate of drug-likeness (QED) is 0.426. The second-order valence-corrected chi connectivity index (χ2v) is 9.65. The average Bonchev–Trinajstić information content (AvgIpc) is 3.39. The highest BCUT2D eigenvalue weighted by molar-refractivity contribution is 6.10. The number of carbonyl (C=O) groups is 1. The number of nitrogens with zero attached hydrogens (tertiary/aromatic N) is 3. The lowest BCUT2D eigenvalue weighted by molar-refractivity contribution is -0.128. The molecular formula is C26H37F2N7O. The molecule has 1 aromatic rings. The Morgan fingerprint density at radius 1 is 1.31 bits per heavy atom. The maximum Gasteiger partial charge on any atom is 0.264 e. The molecule has 0 spiro atoms. The Morgan fingerprint density at radius 3 is 2.75 bits per heavy atom. The van der Waals surface area contributed by atoms with Crippen LogP contribution in [0.5, 0.6) is 0 Å². The van der Waals surface area contributed by atoms with Crippen molar-refractivity contribution >= 4 is 23.4 Å². The van der Waals surface area contributed by atoms with E-state index < -0.39 is 12.6 Å². The molecule has 0 saturated carbocycles. The summed E-state index contributed by atoms with van der Waals surface area (Å²) in [6, 6.07) is 3.67. The van der Waals surface area contributed by atoms with Crippen molar-refractivity contribution in [1.82, 2.24) is 15.5 Å². The van der Waals surface area contributed by atoms with Gasteiger partial charge in [0.05, 0.1) is 0 Å². The average molecular weight is 502 g/mol. The standard InChI is InChI=1S/C26H37F2N7O/c1-16(36)34-9-6-23(33-19-5-7-32-14-19)22(15-34)26(30)35-8-3-4-17-10-20(18(12-29)13-31-2)21(25(27)28)11-24(17)35/h10-13,19,25-26,32-33H,3-9,14-15,29-30H2,1-2H3. The largest absolute Gasteiger partial charge is 0.404 e. The van der Waals surface area contributed by atoms with Crippen LogP contribution in [-0.4, -0.2) is 69.0 Å². The van der Waals surface area contributed by atoms with Gasteiger partial charge in [-0.05, 0) is 49.1 Å². The molecule has 1 fully saturated rings. The number of aliphatic imine (C=N–C) groups is 1. The SMILES string of the molecule is CN=CC(=CN)c1cc2c(cc1C(F)F)N(C(N)C1=C(NC3CCNC3)CCN(C(C)=O)C1)CCC2. The van der Waals surface area contributed by atoms with Crippen LogP contribution in [-0.2, 0) is 11.2 Å². The fourth-order valence-electron chi connectivity index (χ4n) is 5.44. The summed E-state index contributed by atoms with van der Waals surface area (Å²) in [5.74, 6) is 0.00338. The Balaban J connectivity index is 1.73. The second-order valence-electron chi connectivity index (χ2n) is 9.65. The molecule has 8 nitrogen and oxygen atoms in total. The summed E-state index contributed by atoms with van der Waals surface area (Å²) in [5, 5.41) is 7.03. The van der Waals surface area contributed by atoms with E-state index in [9.17, 15) is 13.6 Å². The molecule has 0 radical (unpaired) electrons. The number of benzene rings is 1. The number of alkyl halides is 2. The van der Waals surface area contributed by atoms with Crippen LogP contribution in [0.1, 0.15) is 49.3 Å². The first-order valence-corrected chi connectivity index (χ1v) is 12.6. The van der Waals surface area contributed by atoms with Crippen molar-refractivity contribution in [2.24, 2.45) is 16.5 Å². The third-order valence-corrected chi connectivity index (χ3v) is 7.36. The van der Waals surface area contributed by atoms with Gasteiger partial charge >= 0.3 is 0 Å². The van der Waals surface area contributed by atoms with E-state index in [4.69, 9.17) is 11.5 Å². The molecule has 3 heterocycles. The minimum atomic E-state index is -2.68. The number of hydrogen-bond donors (Lipinski definition) is 4. The van der Waals surface area contributed by atoms with E-state index in [0.29, 0.717) is 48.9 Å². The normalized spacial score (nSPS) is 21.9. The molecular weight excluding hydrogens is 464 g/mol. The van der Waals surface area contributed by atoms with Crippen LogP contribution in [0, 0.1) is 0 Å². The van der Waals surface area contributed by atoms with Gasteiger partial charge in [-0.2, -0.15) is 0 Å². The summed E-state index contributed by atoms with van der Waals surface area (Å²) in [4.78, 5) is 20.0. The van der Waals surface area contributed by atoms with E-state index in [2.05, 4.69) is 15.6 Å². The maximum absolute atomic E-state index is 14.2. The number of allylic oxidation sites excluding steroid dienone is 1. The van der Waals surface area contributed by atoms with E-state index in [0.717, 1.165) is 49.2 Å². The van der Waals surface area contributed by atoms with Crippen molar-refractivity contribution < 1.29 is 13.6 Å². The number of fused-ring (bicyclic) bond motifs is 1. The molecule has 6 N–H and O–H groups in total. The Kier molecular flexibility index (Phi) is 8.25. The Labute approximate surface area is 211 Å². The number of anilines is 1. The van der Waals surface area contributed by atoms with Crippen molar-refractivity contribution in [2.75, 3.05) is 44.7 Å². The zero-order valence-corrected chi connectivity index (χ0v) is 21.1. The summed E-state index contributed by atoms with van der Waals surface area (Å²) in [6.07, 6.45) is 2.91. The van der Waals surface area contributed by atoms with Gasteiger partial charge in [-0.15, -0.1) is 0 Å². The molecule has 1 aromatic carbocycles. The fourth-order valence-corrected chi connectivity index (χ4v) is 5.44. The molecule has 196 valence electrons. The van der Waals surface area contributed by atoms with Crippen molar-refractivity contribution in [3.05, 3.63) is 46.3 Å². The van der Waals surface area contributed by atoms with E-state index in [1.807, 2.05) is 4.90 Å². The highest BCUT2D eigenvalue weighted by Crippen LogP contribution is 2.38. The molecule has 4 rings (SSSR count). The summed E-state index contributed by atoms with van der Waals surface area (Å²) in [7, 11) is 1.58. The number of rotatable bonds is 7. The predicted octanol–water partition coefficient (Wildman–Crippen LogP) is 2.12. The lowest BCUT2D eigenvalue weighted by atomic mass is 9.91. The van der Waals surface area contributed by atoms with Crippen LogP contribution < -0.4 is 27.0 Å². The molecule has 10 heteroatoms. The summed E-state index contributed by atoms with van der Waals surface area (Å²) < 4.78 is 28.4. The molecule has 0 aromatic heterocycles. The maximum atomic E-state index is 14.2. The molecule has 3 aliphatic rings. The van der Waals surface area contributed by atoms with Crippen LogP contribution >= 0.6 is 0 Å². The second kappa shape index (κ2) is 11.4. The summed E-state index contributed by atoms with van der Waals surface area (Å²) in [6.45, 7) is 5.12. The number of carbonyl (C=O) groups excluding carboxylic acids is 1. The Morgan fingerprint density at radius 2 is 2.11 bits per heavy atom. The first-order chi connectivity index (χ1) is 17.3. The molecule has 1 amide bonds. The minimum Gasteiger partial charge on any atom is -0.404 e. The highest BCUT2D eigenvalue weighted by atomic mass is 19.3. The van der Waals surface area contributed by atoms with Crippen LogP contribution in [0.4, 0.5) is 14.5 Å². The van der Waals surface area contributed by atoms with Gasteiger partial charge in [0.1, 0.15) is 6.17 Å². The third kappa shape index (κ3) is 5.39. The first-order valence-electron chi connectivity index (χ1n) is 12.6. The van der Waals surface area contributed by atoms with Gasteiger partial charge in [0.25, 0.3) is 6.43 Å². The first kappa shape index (κ1) is 26.1. The summed E-state index contributed by atoms with van der Waals surface area (Å²) in [5.41, 5.74) is 17.1. The van der Waals surface area contributed by atoms with Crippen LogP contribution in [0.2, 0.25) is 0 Å². The lowest BCUT2D eigenvalue weighted by Crippen LogP contribution is -2.52. The van der Waals surface area contributed by atoms with Gasteiger partial charge in [0.15, 0.2) is 0 Å². The van der Waals surface area contributed by atoms with Gasteiger partial charge in [-0.25, -0.2) is 8.78 Å². The van der Waals surface area contributed by atoms with E-state index in [1.54, 1.807) is 31.0 Å². The van der Waals surface area contributed by atoms with Crippen LogP contribution in [0.3, 0.4) is 0 Å². The zero-order chi connectivity index (χ0) is 25.8. The minimum absolute atomic E-state index is 0.00338. The van der Waals surface area contributed by atoms with Crippen molar-refractivity contribution in [1.29, 1.82) is 0 Å². The topological polar surface area (TPSA) is 112 Å². The van der Waals surface area contributed by atoms with Crippen LogP contribution in [0.25, 0.3) is 5.57 Å². The molecule has 0 aliphatic carbocycles. The number of amides is 1. The lowest BCUT2D eigenvalue weighted by Gasteiger charge is -2.41. The predicted molar refractivity (Wildman–Crippen MR) is 140 cm³/mol. The number of nitrogens with two attached hydrogens (primary N) is 2. The van der Waals surface area contributed by atoms with Gasteiger partial charge in [-0.3, -0.25) is 9.79 Å². The number of halogens is 2. The number of hydrogen-bond acceptors (Lipinski definition) is 7. The Bertz CT molecular complexity index is 1060. The van der Waals surface area contributed by atoms with E-state index in [-0.39, 0.29) is 11.5 Å². The molecule has 36 heavy (non-hydrogen) atoms. The van der Waals surface area contributed by atoms with Gasteiger partial charge in [-0.1, -0.05) is 0 Å². The van der Waals surface area contributed by atoms with Gasteiger partial charge < -0.3 is 31.9 Å². The molecule has 2 unspecified atom stereocenters. The highest BCUT2D eigenvalue weighted by Gasteiger charge is 2.32. The molecule has 3 aliphatic heterocycles. The van der Waals surface area contributed by atoms with E-state index in [1.165, 1.54) is 12.4 Å². The number of nitrogens with one attached hydrogen (secondary N) is 2.